The molecule has 0 aliphatic rings. The molecule has 2 aromatic rings. The molecule has 1 heterocycles. The summed E-state index contributed by atoms with van der Waals surface area (Å²) < 4.78 is 0. The minimum absolute atomic E-state index is 0.0188. The lowest BCUT2D eigenvalue weighted by molar-refractivity contribution is -0.384. The molecule has 0 saturated carbocycles. The average Bonchev–Trinajstić information content (AvgIpc) is 3.02. The van der Waals surface area contributed by atoms with Crippen molar-refractivity contribution in [2.45, 2.75) is 32.2 Å². The number of benzene rings is 1. The molecule has 0 bridgehead atoms. The maximum absolute atomic E-state index is 12.2. The van der Waals surface area contributed by atoms with Gasteiger partial charge in [0.15, 0.2) is 0 Å². The Kier molecular flexibility index (Phi) is 4.87. The van der Waals surface area contributed by atoms with Gasteiger partial charge in [0.2, 0.25) is 5.91 Å². The van der Waals surface area contributed by atoms with Crippen molar-refractivity contribution in [3.05, 3.63) is 56.5 Å². The number of nitrogens with zero attached hydrogens (tertiary/aromatic N) is 2. The normalized spacial score (nSPS) is 13.4. The van der Waals surface area contributed by atoms with Crippen LogP contribution < -0.4 is 5.32 Å². The molecule has 1 aromatic carbocycles. The molecule has 0 aliphatic heterocycles. The molecule has 7 heteroatoms. The van der Waals surface area contributed by atoms with Crippen LogP contribution in [0.4, 0.5) is 5.69 Å². The summed E-state index contributed by atoms with van der Waals surface area (Å²) in [5.74, 6) is -0.131. The molecule has 0 unspecified atom stereocenters. The van der Waals surface area contributed by atoms with Crippen LogP contribution in [-0.2, 0) is 16.8 Å². The highest BCUT2D eigenvalue weighted by Gasteiger charge is 2.29. The van der Waals surface area contributed by atoms with Crippen molar-refractivity contribution in [1.82, 2.24) is 10.3 Å². The SMILES string of the molecule is CC[C@@](C)(NC(=O)Cc1ccc([N+](=O)[O-])cc1)c1nccs1. The number of aromatic nitrogens is 1. The Bertz CT molecular complexity index is 655. The van der Waals surface area contributed by atoms with Gasteiger partial charge in [-0.05, 0) is 18.9 Å². The van der Waals surface area contributed by atoms with Crippen molar-refractivity contribution in [1.29, 1.82) is 0 Å². The minimum atomic E-state index is -0.494. The molecular weight excluding hydrogens is 302 g/mol. The summed E-state index contributed by atoms with van der Waals surface area (Å²) in [5.41, 5.74) is 0.262. The lowest BCUT2D eigenvalue weighted by Crippen LogP contribution is -2.43. The molecule has 0 aliphatic carbocycles. The van der Waals surface area contributed by atoms with E-state index in [9.17, 15) is 14.9 Å². The highest BCUT2D eigenvalue weighted by Crippen LogP contribution is 2.26. The molecular formula is C15H17N3O3S. The zero-order chi connectivity index (χ0) is 16.2. The Hall–Kier alpha value is -2.28. The predicted octanol–water partition coefficient (Wildman–Crippen LogP) is 3.04. The standard InChI is InChI=1S/C15H17N3O3S/c1-3-15(2,14-16-8-9-22-14)17-13(19)10-11-4-6-12(7-5-11)18(20)21/h4-9H,3,10H2,1-2H3,(H,17,19)/t15-/m1/s1. The maximum atomic E-state index is 12.2. The second-order valence-corrected chi connectivity index (χ2v) is 6.07. The highest BCUT2D eigenvalue weighted by atomic mass is 32.1. The van der Waals surface area contributed by atoms with Gasteiger partial charge in [0.25, 0.3) is 5.69 Å². The van der Waals surface area contributed by atoms with Gasteiger partial charge in [0, 0.05) is 23.7 Å². The fourth-order valence-electron chi connectivity index (χ4n) is 2.06. The quantitative estimate of drug-likeness (QED) is 0.655. The zero-order valence-corrected chi connectivity index (χ0v) is 13.2. The molecule has 116 valence electrons. The number of amides is 1. The van der Waals surface area contributed by atoms with Gasteiger partial charge in [0.05, 0.1) is 16.9 Å². The van der Waals surface area contributed by atoms with Gasteiger partial charge in [-0.25, -0.2) is 4.98 Å². The molecule has 0 radical (unpaired) electrons. The van der Waals surface area contributed by atoms with Gasteiger partial charge in [-0.2, -0.15) is 0 Å². The Labute approximate surface area is 132 Å². The van der Waals surface area contributed by atoms with E-state index >= 15 is 0 Å². The van der Waals surface area contributed by atoms with Crippen LogP contribution in [0.2, 0.25) is 0 Å². The summed E-state index contributed by atoms with van der Waals surface area (Å²) in [4.78, 5) is 26.7. The summed E-state index contributed by atoms with van der Waals surface area (Å²) in [6.45, 7) is 3.94. The summed E-state index contributed by atoms with van der Waals surface area (Å²) in [5, 5.41) is 16.4. The fourth-order valence-corrected chi connectivity index (χ4v) is 2.89. The molecule has 1 N–H and O–H groups in total. The third-order valence-corrected chi connectivity index (χ3v) is 4.58. The predicted molar refractivity (Wildman–Crippen MR) is 84.7 cm³/mol. The Morgan fingerprint density at radius 2 is 2.09 bits per heavy atom. The summed E-state index contributed by atoms with van der Waals surface area (Å²) >= 11 is 1.51. The van der Waals surface area contributed by atoms with Gasteiger partial charge >= 0.3 is 0 Å². The van der Waals surface area contributed by atoms with Gasteiger partial charge in [-0.3, -0.25) is 14.9 Å². The van der Waals surface area contributed by atoms with Gasteiger partial charge in [-0.1, -0.05) is 19.1 Å². The molecule has 0 saturated heterocycles. The van der Waals surface area contributed by atoms with Crippen LogP contribution in [0.5, 0.6) is 0 Å². The van der Waals surface area contributed by atoms with Gasteiger partial charge in [0.1, 0.15) is 5.01 Å². The molecule has 6 nitrogen and oxygen atoms in total. The number of rotatable bonds is 6. The van der Waals surface area contributed by atoms with Crippen molar-refractivity contribution in [2.24, 2.45) is 0 Å². The van der Waals surface area contributed by atoms with E-state index in [0.29, 0.717) is 0 Å². The number of thiazole rings is 1. The number of hydrogen-bond acceptors (Lipinski definition) is 5. The van der Waals surface area contributed by atoms with Crippen LogP contribution in [0.15, 0.2) is 35.8 Å². The Balaban J connectivity index is 2.04. The van der Waals surface area contributed by atoms with Crippen LogP contribution in [0, 0.1) is 10.1 Å². The van der Waals surface area contributed by atoms with E-state index in [1.165, 1.54) is 23.5 Å². The molecule has 1 amide bonds. The van der Waals surface area contributed by atoms with E-state index in [0.717, 1.165) is 17.0 Å². The molecule has 1 atom stereocenters. The second kappa shape index (κ2) is 6.65. The third-order valence-electron chi connectivity index (χ3n) is 3.54. The molecule has 0 spiro atoms. The number of non-ortho nitro benzene ring substituents is 1. The van der Waals surface area contributed by atoms with Crippen molar-refractivity contribution in [3.63, 3.8) is 0 Å². The number of nitrogens with one attached hydrogen (secondary N) is 1. The monoisotopic (exact) mass is 319 g/mol. The van der Waals surface area contributed by atoms with Gasteiger partial charge < -0.3 is 5.32 Å². The van der Waals surface area contributed by atoms with E-state index in [4.69, 9.17) is 0 Å². The number of carbonyl (C=O) groups is 1. The lowest BCUT2D eigenvalue weighted by atomic mass is 9.99. The van der Waals surface area contributed by atoms with E-state index in [2.05, 4.69) is 10.3 Å². The average molecular weight is 319 g/mol. The largest absolute Gasteiger partial charge is 0.344 e. The van der Waals surface area contributed by atoms with Crippen molar-refractivity contribution >= 4 is 22.9 Å². The molecule has 2 rings (SSSR count). The topological polar surface area (TPSA) is 85.1 Å². The van der Waals surface area contributed by atoms with E-state index in [1.54, 1.807) is 18.3 Å². The summed E-state index contributed by atoms with van der Waals surface area (Å²) in [6, 6.07) is 6.01. The smallest absolute Gasteiger partial charge is 0.269 e. The molecule has 22 heavy (non-hydrogen) atoms. The number of nitro benzene ring substituents is 1. The molecule has 1 aromatic heterocycles. The first-order valence-electron chi connectivity index (χ1n) is 6.89. The van der Waals surface area contributed by atoms with Crippen LogP contribution >= 0.6 is 11.3 Å². The first-order chi connectivity index (χ1) is 10.4. The van der Waals surface area contributed by atoms with E-state index in [-0.39, 0.29) is 18.0 Å². The van der Waals surface area contributed by atoms with Crippen LogP contribution in [0.1, 0.15) is 30.8 Å². The summed E-state index contributed by atoms with van der Waals surface area (Å²) in [6.07, 6.45) is 2.63. The second-order valence-electron chi connectivity index (χ2n) is 5.17. The molecule has 0 fully saturated rings. The minimum Gasteiger partial charge on any atom is -0.344 e. The maximum Gasteiger partial charge on any atom is 0.269 e. The number of hydrogen-bond donors (Lipinski definition) is 1. The van der Waals surface area contributed by atoms with Crippen LogP contribution in [-0.4, -0.2) is 15.8 Å². The highest BCUT2D eigenvalue weighted by molar-refractivity contribution is 7.09. The van der Waals surface area contributed by atoms with Crippen molar-refractivity contribution in [3.8, 4) is 0 Å². The zero-order valence-electron chi connectivity index (χ0n) is 12.4. The Morgan fingerprint density at radius 1 is 1.41 bits per heavy atom. The number of nitro groups is 1. The van der Waals surface area contributed by atoms with Gasteiger partial charge in [-0.15, -0.1) is 11.3 Å². The Morgan fingerprint density at radius 3 is 2.59 bits per heavy atom. The van der Waals surface area contributed by atoms with E-state index < -0.39 is 10.5 Å². The van der Waals surface area contributed by atoms with E-state index in [1.807, 2.05) is 19.2 Å². The third kappa shape index (κ3) is 3.67. The number of carbonyl (C=O) groups excluding carboxylic acids is 1. The first kappa shape index (κ1) is 16.1. The first-order valence-corrected chi connectivity index (χ1v) is 7.77. The summed E-state index contributed by atoms with van der Waals surface area (Å²) in [7, 11) is 0. The lowest BCUT2D eigenvalue weighted by Gasteiger charge is -2.27. The fraction of sp³-hybridized carbons (Fsp3) is 0.333. The van der Waals surface area contributed by atoms with Crippen molar-refractivity contribution < 1.29 is 9.72 Å². The van der Waals surface area contributed by atoms with Crippen LogP contribution in [0.25, 0.3) is 0 Å². The van der Waals surface area contributed by atoms with Crippen LogP contribution in [0.3, 0.4) is 0 Å². The van der Waals surface area contributed by atoms with Crippen molar-refractivity contribution in [2.75, 3.05) is 0 Å².